The number of carbonyl (C=O) groups excluding carboxylic acids is 5. The second-order valence-corrected chi connectivity index (χ2v) is 13.8. The van der Waals surface area contributed by atoms with Crippen LogP contribution < -0.4 is 15.8 Å². The van der Waals surface area contributed by atoms with Crippen LogP contribution in [0.15, 0.2) is 29.3 Å². The van der Waals surface area contributed by atoms with Crippen molar-refractivity contribution in [1.29, 1.82) is 0 Å². The lowest BCUT2D eigenvalue weighted by Crippen LogP contribution is -2.68. The minimum atomic E-state index is -1.47. The number of rotatable bonds is 10. The van der Waals surface area contributed by atoms with Crippen molar-refractivity contribution >= 4 is 58.1 Å². The van der Waals surface area contributed by atoms with Crippen LogP contribution in [0.4, 0.5) is 17.5 Å². The molecular formula is C37H45N7O11. The molecule has 0 radical (unpaired) electrons. The van der Waals surface area contributed by atoms with E-state index in [-0.39, 0.29) is 28.9 Å². The summed E-state index contributed by atoms with van der Waals surface area (Å²) in [5.74, 6) is -2.62. The molecule has 3 aromatic heterocycles. The van der Waals surface area contributed by atoms with Crippen molar-refractivity contribution in [2.75, 3.05) is 43.5 Å². The summed E-state index contributed by atoms with van der Waals surface area (Å²) >= 11 is 0. The first-order chi connectivity index (χ1) is 26.3. The number of aryl methyl sites for hydroxylation is 1. The number of carbonyl (C=O) groups is 5. The number of anilines is 3. The van der Waals surface area contributed by atoms with Gasteiger partial charge in [0.05, 0.1) is 24.6 Å². The summed E-state index contributed by atoms with van der Waals surface area (Å²) < 4.78 is 29.2. The third-order valence-electron chi connectivity index (χ3n) is 10.1. The summed E-state index contributed by atoms with van der Waals surface area (Å²) in [5, 5.41) is 3.78. The van der Waals surface area contributed by atoms with Crippen LogP contribution in [0.25, 0.3) is 11.0 Å². The minimum absolute atomic E-state index is 0.0474. The van der Waals surface area contributed by atoms with E-state index in [2.05, 4.69) is 20.2 Å². The third kappa shape index (κ3) is 8.29. The van der Waals surface area contributed by atoms with E-state index in [1.54, 1.807) is 30.0 Å². The summed E-state index contributed by atoms with van der Waals surface area (Å²) in [6.07, 6.45) is 0.424. The first kappa shape index (κ1) is 39.2. The Morgan fingerprint density at radius 2 is 1.47 bits per heavy atom. The van der Waals surface area contributed by atoms with Gasteiger partial charge in [-0.25, -0.2) is 14.8 Å². The fraction of sp³-hybridized carbons (Fsp3) is 0.541. The van der Waals surface area contributed by atoms with E-state index in [1.165, 1.54) is 13.8 Å². The number of ether oxygens (including phenoxy) is 5. The van der Waals surface area contributed by atoms with Crippen LogP contribution in [-0.2, 0) is 42.9 Å². The number of piperazine rings is 1. The monoisotopic (exact) mass is 763 g/mol. The maximum Gasteiger partial charge on any atom is 0.339 e. The van der Waals surface area contributed by atoms with Gasteiger partial charge >= 0.3 is 23.9 Å². The number of esters is 4. The molecule has 55 heavy (non-hydrogen) atoms. The predicted molar refractivity (Wildman–Crippen MR) is 195 cm³/mol. The van der Waals surface area contributed by atoms with Crippen molar-refractivity contribution < 1.29 is 47.7 Å². The summed E-state index contributed by atoms with van der Waals surface area (Å²) in [6.45, 7) is 8.32. The Bertz CT molecular complexity index is 2020. The minimum Gasteiger partial charge on any atom is -0.467 e. The molecule has 3 fully saturated rings. The van der Waals surface area contributed by atoms with Crippen LogP contribution in [-0.4, -0.2) is 118 Å². The number of hydrogen-bond donors (Lipinski definition) is 1. The zero-order valence-corrected chi connectivity index (χ0v) is 31.6. The highest BCUT2D eigenvalue weighted by Gasteiger charge is 2.56. The van der Waals surface area contributed by atoms with E-state index >= 15 is 0 Å². The standard InChI is InChI=1S/C37H45N7O11/c1-19-26-18-39-37(41-33(26)44(24-9-7-8-10-24)34(49)28(19)20(2)45)40-27-12-11-25(17-38-27)42-13-15-43(16-14-42)35-31(54-23(5)48)29(52-21(3)46)30(53-22(4)47)32(55-35)36(50)51-6/h11-12,17-18,24,29-32,35H,7-10,13-16H2,1-6H3,(H,38,39,40,41)/t29-,30-,31+,32-,35+/m0/s1. The number of pyridine rings is 2. The van der Waals surface area contributed by atoms with Gasteiger partial charge in [-0.1, -0.05) is 12.8 Å². The smallest absolute Gasteiger partial charge is 0.339 e. The zero-order chi connectivity index (χ0) is 39.6. The van der Waals surface area contributed by atoms with Gasteiger partial charge in [0.15, 0.2) is 36.4 Å². The van der Waals surface area contributed by atoms with Crippen molar-refractivity contribution in [1.82, 2.24) is 24.4 Å². The number of methoxy groups -OCH3 is 1. The van der Waals surface area contributed by atoms with Crippen LogP contribution in [0, 0.1) is 6.92 Å². The molecule has 1 aliphatic carbocycles. The molecule has 0 unspecified atom stereocenters. The molecule has 0 amide bonds. The van der Waals surface area contributed by atoms with Crippen molar-refractivity contribution in [3.05, 3.63) is 46.0 Å². The van der Waals surface area contributed by atoms with Crippen LogP contribution >= 0.6 is 0 Å². The highest BCUT2D eigenvalue weighted by molar-refractivity contribution is 5.99. The molecule has 18 nitrogen and oxygen atoms in total. The van der Waals surface area contributed by atoms with Gasteiger partial charge < -0.3 is 33.9 Å². The number of Topliss-reactive ketones (excluding diaryl/α,β-unsaturated/α-hetero) is 1. The molecule has 5 atom stereocenters. The number of nitrogens with one attached hydrogen (secondary N) is 1. The van der Waals surface area contributed by atoms with Crippen LogP contribution in [0.5, 0.6) is 0 Å². The molecule has 18 heteroatoms. The van der Waals surface area contributed by atoms with E-state index < -0.39 is 54.5 Å². The molecule has 1 saturated carbocycles. The normalized spacial score (nSPS) is 23.2. The van der Waals surface area contributed by atoms with Gasteiger partial charge in [-0.3, -0.25) is 33.4 Å². The number of hydrogen-bond acceptors (Lipinski definition) is 17. The zero-order valence-electron chi connectivity index (χ0n) is 31.6. The predicted octanol–water partition coefficient (Wildman–Crippen LogP) is 2.37. The molecule has 294 valence electrons. The fourth-order valence-electron chi connectivity index (χ4n) is 7.69. The van der Waals surface area contributed by atoms with Crippen LogP contribution in [0.3, 0.4) is 0 Å². The van der Waals surface area contributed by atoms with Gasteiger partial charge in [0, 0.05) is 64.6 Å². The molecule has 5 heterocycles. The Morgan fingerprint density at radius 3 is 2.05 bits per heavy atom. The topological polar surface area (TPSA) is 211 Å². The number of ketones is 1. The molecule has 6 rings (SSSR count). The number of aromatic nitrogens is 4. The maximum atomic E-state index is 13.6. The summed E-state index contributed by atoms with van der Waals surface area (Å²) in [5.41, 5.74) is 1.69. The van der Waals surface area contributed by atoms with E-state index in [0.29, 0.717) is 48.6 Å². The highest BCUT2D eigenvalue weighted by Crippen LogP contribution is 2.34. The molecule has 1 N–H and O–H groups in total. The lowest BCUT2D eigenvalue weighted by molar-refractivity contribution is -0.273. The van der Waals surface area contributed by atoms with Gasteiger partial charge in [0.2, 0.25) is 5.95 Å². The average Bonchev–Trinajstić information content (AvgIpc) is 3.67. The molecule has 0 aromatic carbocycles. The fourth-order valence-corrected chi connectivity index (χ4v) is 7.69. The molecule has 2 saturated heterocycles. The lowest BCUT2D eigenvalue weighted by Gasteiger charge is -2.48. The van der Waals surface area contributed by atoms with E-state index in [0.717, 1.165) is 52.3 Å². The molecule has 3 aliphatic rings. The largest absolute Gasteiger partial charge is 0.467 e. The third-order valence-corrected chi connectivity index (χ3v) is 10.1. The molecule has 2 aliphatic heterocycles. The first-order valence-corrected chi connectivity index (χ1v) is 18.2. The van der Waals surface area contributed by atoms with Crippen molar-refractivity contribution in [3.63, 3.8) is 0 Å². The van der Waals surface area contributed by atoms with Gasteiger partial charge in [-0.2, -0.15) is 4.98 Å². The van der Waals surface area contributed by atoms with Gasteiger partial charge in [-0.05, 0) is 44.4 Å². The Kier molecular flexibility index (Phi) is 11.7. The first-order valence-electron chi connectivity index (χ1n) is 18.2. The summed E-state index contributed by atoms with van der Waals surface area (Å²) in [4.78, 5) is 93.1. The van der Waals surface area contributed by atoms with E-state index in [4.69, 9.17) is 28.7 Å². The summed E-state index contributed by atoms with van der Waals surface area (Å²) in [6, 6.07) is 3.62. The number of nitrogens with zero attached hydrogens (tertiary/aromatic N) is 6. The van der Waals surface area contributed by atoms with Crippen molar-refractivity contribution in [3.8, 4) is 0 Å². The maximum absolute atomic E-state index is 13.6. The van der Waals surface area contributed by atoms with Gasteiger partial charge in [-0.15, -0.1) is 0 Å². The molecular weight excluding hydrogens is 718 g/mol. The highest BCUT2D eigenvalue weighted by atomic mass is 16.7. The Labute approximate surface area is 316 Å². The Hall–Kier alpha value is -5.49. The lowest BCUT2D eigenvalue weighted by atomic mass is 9.96. The molecule has 0 bridgehead atoms. The number of fused-ring (bicyclic) bond motifs is 1. The second kappa shape index (κ2) is 16.5. The quantitative estimate of drug-likeness (QED) is 0.178. The van der Waals surface area contributed by atoms with Crippen LogP contribution in [0.2, 0.25) is 0 Å². The molecule has 3 aromatic rings. The SMILES string of the molecule is COC(=O)[C@H]1O[C@@H](N2CCN(c3ccc(Nc4ncc5c(C)c(C(C)=O)c(=O)n(C6CCCC6)c5n4)nc3)CC2)[C@H](OC(C)=O)[C@@H](OC(C)=O)[C@@H]1OC(C)=O. The second-order valence-electron chi connectivity index (χ2n) is 13.8. The van der Waals surface area contributed by atoms with Crippen molar-refractivity contribution in [2.45, 2.75) is 97.0 Å². The van der Waals surface area contributed by atoms with Crippen molar-refractivity contribution in [2.24, 2.45) is 0 Å². The average molecular weight is 764 g/mol. The van der Waals surface area contributed by atoms with Gasteiger partial charge in [0.25, 0.3) is 5.56 Å². The Morgan fingerprint density at radius 1 is 0.836 bits per heavy atom. The Balaban J connectivity index is 1.18. The van der Waals surface area contributed by atoms with Crippen LogP contribution in [0.1, 0.15) is 75.3 Å². The van der Waals surface area contributed by atoms with E-state index in [1.807, 2.05) is 11.0 Å². The van der Waals surface area contributed by atoms with E-state index in [9.17, 15) is 28.8 Å². The summed E-state index contributed by atoms with van der Waals surface area (Å²) in [7, 11) is 1.15. The van der Waals surface area contributed by atoms with Gasteiger partial charge in [0.1, 0.15) is 11.5 Å². The molecule has 0 spiro atoms.